The quantitative estimate of drug-likeness (QED) is 0.892. The molecule has 0 aromatic carbocycles. The smallest absolute Gasteiger partial charge is 0.145 e. The Morgan fingerprint density at radius 2 is 1.76 bits per heavy atom. The minimum Gasteiger partial charge on any atom is -0.367 e. The van der Waals surface area contributed by atoms with Crippen LogP contribution in [0.15, 0.2) is 0 Å². The number of aryl methyl sites for hydroxylation is 1. The molecule has 1 N–H and O–H groups in total. The molecule has 1 aromatic rings. The fourth-order valence-corrected chi connectivity index (χ4v) is 3.91. The summed E-state index contributed by atoms with van der Waals surface area (Å²) in [4.78, 5) is 7.05. The van der Waals surface area contributed by atoms with Crippen molar-refractivity contribution in [3.05, 3.63) is 22.4 Å². The summed E-state index contributed by atoms with van der Waals surface area (Å²) in [6.07, 6.45) is 8.92. The standard InChI is InChI=1S/C20H27N5/c1-25(2)19(14-9-10-14)13-23-20-17(12-22)16(11-21)15-7-5-3-4-6-8-18(15)24-20/h14,19H,3-10,13H2,1-2H3,(H,23,24)/t19-/m0/s1. The molecule has 0 saturated heterocycles. The predicted molar refractivity (Wildman–Crippen MR) is 98.2 cm³/mol. The second kappa shape index (κ2) is 7.85. The highest BCUT2D eigenvalue weighted by molar-refractivity contribution is 5.64. The topological polar surface area (TPSA) is 75.7 Å². The average molecular weight is 337 g/mol. The molecule has 0 unspecified atom stereocenters. The van der Waals surface area contributed by atoms with Crippen LogP contribution in [-0.2, 0) is 12.8 Å². The number of pyridine rings is 1. The molecule has 2 aliphatic rings. The van der Waals surface area contributed by atoms with Gasteiger partial charge in [-0.15, -0.1) is 0 Å². The normalized spacial score (nSPS) is 18.4. The Labute approximate surface area is 150 Å². The van der Waals surface area contributed by atoms with Crippen LogP contribution in [0.2, 0.25) is 0 Å². The molecule has 0 spiro atoms. The van der Waals surface area contributed by atoms with E-state index in [0.29, 0.717) is 23.0 Å². The number of nitrogens with one attached hydrogen (secondary N) is 1. The van der Waals surface area contributed by atoms with Crippen molar-refractivity contribution in [2.24, 2.45) is 5.92 Å². The van der Waals surface area contributed by atoms with E-state index in [4.69, 9.17) is 4.98 Å². The number of aromatic nitrogens is 1. The van der Waals surface area contributed by atoms with Gasteiger partial charge in [-0.25, -0.2) is 4.98 Å². The molecule has 1 fully saturated rings. The Balaban J connectivity index is 1.91. The van der Waals surface area contributed by atoms with E-state index in [1.807, 2.05) is 0 Å². The number of hydrogen-bond acceptors (Lipinski definition) is 5. The van der Waals surface area contributed by atoms with Gasteiger partial charge in [-0.1, -0.05) is 12.8 Å². The number of fused-ring (bicyclic) bond motifs is 1. The van der Waals surface area contributed by atoms with Gasteiger partial charge in [-0.2, -0.15) is 10.5 Å². The summed E-state index contributed by atoms with van der Waals surface area (Å²) in [5.41, 5.74) is 3.00. The van der Waals surface area contributed by atoms with Crippen LogP contribution >= 0.6 is 0 Å². The van der Waals surface area contributed by atoms with Gasteiger partial charge in [-0.05, 0) is 64.1 Å². The Morgan fingerprint density at radius 1 is 1.08 bits per heavy atom. The van der Waals surface area contributed by atoms with E-state index in [1.165, 1.54) is 25.7 Å². The highest BCUT2D eigenvalue weighted by atomic mass is 15.1. The highest BCUT2D eigenvalue weighted by Crippen LogP contribution is 2.35. The second-order valence-electron chi connectivity index (χ2n) is 7.52. The Morgan fingerprint density at radius 3 is 2.36 bits per heavy atom. The van der Waals surface area contributed by atoms with Gasteiger partial charge in [-0.3, -0.25) is 0 Å². The van der Waals surface area contributed by atoms with E-state index >= 15 is 0 Å². The number of rotatable bonds is 5. The lowest BCUT2D eigenvalue weighted by Crippen LogP contribution is -2.36. The van der Waals surface area contributed by atoms with Crippen molar-refractivity contribution in [3.8, 4) is 12.1 Å². The van der Waals surface area contributed by atoms with Crippen LogP contribution in [0.1, 0.15) is 60.9 Å². The van der Waals surface area contributed by atoms with Crippen LogP contribution in [0.3, 0.4) is 0 Å². The SMILES string of the molecule is CN(C)[C@@H](CNc1nc2c(c(C#N)c1C#N)CCCCCC2)C1CC1. The van der Waals surface area contributed by atoms with Crippen LogP contribution in [0.4, 0.5) is 5.82 Å². The molecular weight excluding hydrogens is 310 g/mol. The molecule has 1 saturated carbocycles. The van der Waals surface area contributed by atoms with Crippen molar-refractivity contribution < 1.29 is 0 Å². The van der Waals surface area contributed by atoms with Crippen molar-refractivity contribution in [1.82, 2.24) is 9.88 Å². The van der Waals surface area contributed by atoms with E-state index in [1.54, 1.807) is 0 Å². The molecule has 132 valence electrons. The first kappa shape index (κ1) is 17.7. The van der Waals surface area contributed by atoms with Crippen LogP contribution < -0.4 is 5.32 Å². The predicted octanol–water partition coefficient (Wildman–Crippen LogP) is 3.24. The molecule has 5 nitrogen and oxygen atoms in total. The summed E-state index contributed by atoms with van der Waals surface area (Å²) in [5.74, 6) is 1.33. The lowest BCUT2D eigenvalue weighted by molar-refractivity contribution is 0.276. The van der Waals surface area contributed by atoms with Crippen LogP contribution in [-0.4, -0.2) is 36.6 Å². The van der Waals surface area contributed by atoms with Gasteiger partial charge in [0, 0.05) is 18.3 Å². The van der Waals surface area contributed by atoms with Crippen molar-refractivity contribution in [2.75, 3.05) is 26.0 Å². The van der Waals surface area contributed by atoms with Gasteiger partial charge < -0.3 is 10.2 Å². The fraction of sp³-hybridized carbons (Fsp3) is 0.650. The maximum atomic E-state index is 9.69. The molecule has 0 radical (unpaired) electrons. The molecule has 0 bridgehead atoms. The summed E-state index contributed by atoms with van der Waals surface area (Å²) < 4.78 is 0. The third-order valence-electron chi connectivity index (χ3n) is 5.51. The first-order valence-electron chi connectivity index (χ1n) is 9.42. The minimum atomic E-state index is 0.426. The Kier molecular flexibility index (Phi) is 5.56. The molecule has 1 heterocycles. The largest absolute Gasteiger partial charge is 0.367 e. The van der Waals surface area contributed by atoms with Crippen LogP contribution in [0, 0.1) is 28.6 Å². The van der Waals surface area contributed by atoms with Gasteiger partial charge >= 0.3 is 0 Å². The fourth-order valence-electron chi connectivity index (χ4n) is 3.91. The van der Waals surface area contributed by atoms with Crippen molar-refractivity contribution in [1.29, 1.82) is 10.5 Å². The zero-order chi connectivity index (χ0) is 17.8. The molecule has 5 heteroatoms. The third-order valence-corrected chi connectivity index (χ3v) is 5.51. The van der Waals surface area contributed by atoms with Gasteiger partial charge in [0.05, 0.1) is 5.56 Å². The van der Waals surface area contributed by atoms with Crippen molar-refractivity contribution in [3.63, 3.8) is 0 Å². The molecule has 25 heavy (non-hydrogen) atoms. The van der Waals surface area contributed by atoms with E-state index in [2.05, 4.69) is 36.5 Å². The van der Waals surface area contributed by atoms with Crippen LogP contribution in [0.25, 0.3) is 0 Å². The Bertz CT molecular complexity index is 704. The van der Waals surface area contributed by atoms with E-state index in [9.17, 15) is 10.5 Å². The maximum absolute atomic E-state index is 9.69. The monoisotopic (exact) mass is 337 g/mol. The number of hydrogen-bond donors (Lipinski definition) is 1. The highest BCUT2D eigenvalue weighted by Gasteiger charge is 2.32. The molecule has 1 atom stereocenters. The summed E-state index contributed by atoms with van der Waals surface area (Å²) >= 11 is 0. The first-order chi connectivity index (χ1) is 12.2. The van der Waals surface area contributed by atoms with Crippen molar-refractivity contribution >= 4 is 5.82 Å². The first-order valence-corrected chi connectivity index (χ1v) is 9.42. The molecular formula is C20H27N5. The van der Waals surface area contributed by atoms with Gasteiger partial charge in [0.15, 0.2) is 0 Å². The van der Waals surface area contributed by atoms with E-state index < -0.39 is 0 Å². The lowest BCUT2D eigenvalue weighted by atomic mass is 9.91. The summed E-state index contributed by atoms with van der Waals surface area (Å²) in [5, 5.41) is 22.8. The number of nitrogens with zero attached hydrogens (tertiary/aromatic N) is 4. The number of nitriles is 2. The molecule has 0 aliphatic heterocycles. The lowest BCUT2D eigenvalue weighted by Gasteiger charge is -2.25. The zero-order valence-electron chi connectivity index (χ0n) is 15.3. The van der Waals surface area contributed by atoms with E-state index in [0.717, 1.165) is 49.4 Å². The van der Waals surface area contributed by atoms with Gasteiger partial charge in [0.2, 0.25) is 0 Å². The number of likely N-dealkylation sites (N-methyl/N-ethyl adjacent to an activating group) is 1. The minimum absolute atomic E-state index is 0.426. The summed E-state index contributed by atoms with van der Waals surface area (Å²) in [7, 11) is 4.20. The molecule has 1 aromatic heterocycles. The zero-order valence-corrected chi connectivity index (χ0v) is 15.3. The Hall–Kier alpha value is -2.11. The second-order valence-corrected chi connectivity index (χ2v) is 7.52. The summed E-state index contributed by atoms with van der Waals surface area (Å²) in [6.45, 7) is 0.767. The molecule has 0 amide bonds. The molecule has 2 aliphatic carbocycles. The van der Waals surface area contributed by atoms with Crippen LogP contribution in [0.5, 0.6) is 0 Å². The van der Waals surface area contributed by atoms with Gasteiger partial charge in [0.25, 0.3) is 0 Å². The van der Waals surface area contributed by atoms with Gasteiger partial charge in [0.1, 0.15) is 23.5 Å². The van der Waals surface area contributed by atoms with Crippen molar-refractivity contribution in [2.45, 2.75) is 57.4 Å². The summed E-state index contributed by atoms with van der Waals surface area (Å²) in [6, 6.07) is 4.98. The molecule has 3 rings (SSSR count). The number of anilines is 1. The third kappa shape index (κ3) is 3.94. The van der Waals surface area contributed by atoms with E-state index in [-0.39, 0.29) is 0 Å². The maximum Gasteiger partial charge on any atom is 0.145 e. The average Bonchev–Trinajstić information content (AvgIpc) is 3.39.